The van der Waals surface area contributed by atoms with Gasteiger partial charge in [-0.25, -0.2) is 14.4 Å². The molecule has 3 aromatic carbocycles. The molecule has 0 saturated heterocycles. The Hall–Kier alpha value is -6.31. The predicted octanol–water partition coefficient (Wildman–Crippen LogP) is 4.05. The molecular formula is C34H28O14. The van der Waals surface area contributed by atoms with Gasteiger partial charge in [-0.1, -0.05) is 0 Å². The number of esters is 3. The van der Waals surface area contributed by atoms with E-state index in [2.05, 4.69) is 0 Å². The number of ether oxygens (including phenoxy) is 7. The molecule has 48 heavy (non-hydrogen) atoms. The van der Waals surface area contributed by atoms with Crippen LogP contribution < -0.4 is 18.9 Å². The molecule has 0 saturated carbocycles. The molecular weight excluding hydrogens is 632 g/mol. The van der Waals surface area contributed by atoms with Crippen LogP contribution in [0, 0.1) is 13.8 Å². The van der Waals surface area contributed by atoms with E-state index in [1.807, 2.05) is 0 Å². The third-order valence-corrected chi connectivity index (χ3v) is 7.44. The van der Waals surface area contributed by atoms with Crippen molar-refractivity contribution in [1.29, 1.82) is 0 Å². The van der Waals surface area contributed by atoms with Gasteiger partial charge < -0.3 is 43.4 Å². The summed E-state index contributed by atoms with van der Waals surface area (Å²) in [7, 11) is 4.61. The van der Waals surface area contributed by atoms with Gasteiger partial charge in [0.05, 0.1) is 28.4 Å². The van der Waals surface area contributed by atoms with Crippen LogP contribution in [0.25, 0.3) is 0 Å². The molecule has 248 valence electrons. The first-order chi connectivity index (χ1) is 22.8. The van der Waals surface area contributed by atoms with Crippen LogP contribution in [-0.4, -0.2) is 73.7 Å². The Kier molecular flexibility index (Phi) is 8.59. The molecule has 1 atom stereocenters. The minimum absolute atomic E-state index is 0.101. The van der Waals surface area contributed by atoms with E-state index in [0.29, 0.717) is 11.1 Å². The highest BCUT2D eigenvalue weighted by atomic mass is 16.6. The number of phenolic OH excluding ortho intramolecular Hbond substituents is 2. The van der Waals surface area contributed by atoms with Gasteiger partial charge in [-0.2, -0.15) is 0 Å². The minimum atomic E-state index is -2.27. The number of allylic oxidation sites excluding steroid dienone is 2. The standard InChI is InChI=1S/C34H28O14/c1-15-7-21(37)27(22(8-15)46-29-19(31(39)44-5)11-17(35)13-25(29)42-3)33(41)47-23-9-16(2)10-24-28(23)30(38)34(48-24)20(32(40)45-6)12-18(36)14-26(34)43-4/h7-14,35,37H,1-6H3/t34-/m1/s1. The Morgan fingerprint density at radius 3 is 2.06 bits per heavy atom. The van der Waals surface area contributed by atoms with Crippen molar-refractivity contribution in [3.8, 4) is 40.2 Å². The molecule has 14 nitrogen and oxygen atoms in total. The molecule has 2 N–H and O–H groups in total. The van der Waals surface area contributed by atoms with Gasteiger partial charge in [-0.05, 0) is 55.3 Å². The first kappa shape index (κ1) is 33.1. The summed E-state index contributed by atoms with van der Waals surface area (Å²) in [5.74, 6) is -7.01. The highest BCUT2D eigenvalue weighted by molar-refractivity contribution is 6.22. The van der Waals surface area contributed by atoms with Gasteiger partial charge in [0.1, 0.15) is 51.0 Å². The van der Waals surface area contributed by atoms with Crippen LogP contribution in [0.1, 0.15) is 42.2 Å². The smallest absolute Gasteiger partial charge is 0.351 e. The summed E-state index contributed by atoms with van der Waals surface area (Å²) >= 11 is 0. The fraction of sp³-hybridized carbons (Fsp3) is 0.206. The fourth-order valence-corrected chi connectivity index (χ4v) is 5.38. The molecule has 3 aromatic rings. The number of hydrogen-bond donors (Lipinski definition) is 2. The molecule has 1 aliphatic heterocycles. The van der Waals surface area contributed by atoms with Gasteiger partial charge in [-0.15, -0.1) is 0 Å². The average molecular weight is 661 g/mol. The Morgan fingerprint density at radius 1 is 0.750 bits per heavy atom. The van der Waals surface area contributed by atoms with Gasteiger partial charge in [0.15, 0.2) is 23.0 Å². The van der Waals surface area contributed by atoms with Crippen LogP contribution >= 0.6 is 0 Å². The van der Waals surface area contributed by atoms with Crippen molar-refractivity contribution < 1.29 is 67.3 Å². The van der Waals surface area contributed by atoms with Crippen molar-refractivity contribution >= 4 is 29.5 Å². The summed E-state index contributed by atoms with van der Waals surface area (Å²) in [6.07, 6.45) is 1.88. The van der Waals surface area contributed by atoms with Crippen LogP contribution in [0.4, 0.5) is 0 Å². The number of ketones is 2. The number of aryl methyl sites for hydroxylation is 2. The number of methoxy groups -OCH3 is 4. The second-order valence-corrected chi connectivity index (χ2v) is 10.6. The number of aromatic hydroxyl groups is 2. The van der Waals surface area contributed by atoms with Gasteiger partial charge in [0.25, 0.3) is 5.60 Å². The quantitative estimate of drug-likeness (QED) is 0.260. The summed E-state index contributed by atoms with van der Waals surface area (Å²) in [5.41, 5.74) is -2.88. The Balaban J connectivity index is 1.61. The van der Waals surface area contributed by atoms with Gasteiger partial charge >= 0.3 is 17.9 Å². The second-order valence-electron chi connectivity index (χ2n) is 10.6. The average Bonchev–Trinajstić information content (AvgIpc) is 3.32. The van der Waals surface area contributed by atoms with E-state index in [1.165, 1.54) is 38.5 Å². The summed E-state index contributed by atoms with van der Waals surface area (Å²) in [6.45, 7) is 3.22. The van der Waals surface area contributed by atoms with Crippen LogP contribution in [0.3, 0.4) is 0 Å². The number of benzene rings is 3. The van der Waals surface area contributed by atoms with Crippen molar-refractivity contribution in [3.63, 3.8) is 0 Å². The Labute approximate surface area is 272 Å². The van der Waals surface area contributed by atoms with Crippen LogP contribution in [0.5, 0.6) is 40.2 Å². The van der Waals surface area contributed by atoms with E-state index in [0.717, 1.165) is 38.5 Å². The van der Waals surface area contributed by atoms with E-state index < -0.39 is 52.0 Å². The number of rotatable bonds is 8. The van der Waals surface area contributed by atoms with Crippen molar-refractivity contribution in [2.45, 2.75) is 19.4 Å². The minimum Gasteiger partial charge on any atom is -0.508 e. The number of carbonyl (C=O) groups is 5. The molecule has 0 aromatic heterocycles. The molecule has 1 aliphatic carbocycles. The van der Waals surface area contributed by atoms with Crippen LogP contribution in [-0.2, 0) is 23.8 Å². The molecule has 5 rings (SSSR count). The molecule has 2 aliphatic rings. The summed E-state index contributed by atoms with van der Waals surface area (Å²) in [5, 5.41) is 21.1. The van der Waals surface area contributed by atoms with Crippen LogP contribution in [0.15, 0.2) is 59.9 Å². The van der Waals surface area contributed by atoms with E-state index in [4.69, 9.17) is 33.2 Å². The van der Waals surface area contributed by atoms with E-state index in [9.17, 15) is 34.2 Å². The SMILES string of the molecule is COC(=O)C1=CC(=O)C=C(OC)[C@]12Oc1cc(C)cc(OC(=O)c3c(O)cc(C)cc3Oc3c(OC)cc(O)cc3C(=O)OC)c1C2=O. The number of phenols is 2. The zero-order valence-electron chi connectivity index (χ0n) is 26.4. The van der Waals surface area contributed by atoms with Gasteiger partial charge in [-0.3, -0.25) is 9.59 Å². The fourth-order valence-electron chi connectivity index (χ4n) is 5.38. The van der Waals surface area contributed by atoms with Gasteiger partial charge in [0.2, 0.25) is 5.78 Å². The number of hydrogen-bond acceptors (Lipinski definition) is 14. The molecule has 0 bridgehead atoms. The molecule has 14 heteroatoms. The number of Topliss-reactive ketones (excluding diaryl/α,β-unsaturated/α-hetero) is 1. The maximum atomic E-state index is 14.2. The molecule has 0 radical (unpaired) electrons. The lowest BCUT2D eigenvalue weighted by atomic mass is 9.81. The Morgan fingerprint density at radius 2 is 1.42 bits per heavy atom. The topological polar surface area (TPSA) is 190 Å². The Bertz CT molecular complexity index is 1990. The summed E-state index contributed by atoms with van der Waals surface area (Å²) in [4.78, 5) is 65.9. The van der Waals surface area contributed by atoms with E-state index in [1.54, 1.807) is 13.8 Å². The largest absolute Gasteiger partial charge is 0.508 e. The summed E-state index contributed by atoms with van der Waals surface area (Å²) < 4.78 is 38.0. The molecule has 1 spiro atoms. The first-order valence-electron chi connectivity index (χ1n) is 14.0. The van der Waals surface area contributed by atoms with Crippen molar-refractivity contribution in [3.05, 3.63) is 87.7 Å². The molecule has 1 heterocycles. The van der Waals surface area contributed by atoms with Crippen LogP contribution in [0.2, 0.25) is 0 Å². The third-order valence-electron chi connectivity index (χ3n) is 7.44. The maximum absolute atomic E-state index is 14.2. The molecule has 0 fully saturated rings. The monoisotopic (exact) mass is 660 g/mol. The lowest BCUT2D eigenvalue weighted by Gasteiger charge is -2.31. The normalized spacial score (nSPS) is 16.3. The van der Waals surface area contributed by atoms with Crippen molar-refractivity contribution in [2.24, 2.45) is 0 Å². The van der Waals surface area contributed by atoms with E-state index >= 15 is 0 Å². The number of carbonyl (C=O) groups excluding carboxylic acids is 5. The lowest BCUT2D eigenvalue weighted by Crippen LogP contribution is -2.49. The third kappa shape index (κ3) is 5.42. The molecule has 0 amide bonds. The predicted molar refractivity (Wildman–Crippen MR) is 163 cm³/mol. The second kappa shape index (κ2) is 12.5. The molecule has 0 unspecified atom stereocenters. The highest BCUT2D eigenvalue weighted by Crippen LogP contribution is 2.50. The van der Waals surface area contributed by atoms with Gasteiger partial charge in [0, 0.05) is 18.2 Å². The van der Waals surface area contributed by atoms with E-state index in [-0.39, 0.29) is 51.4 Å². The highest BCUT2D eigenvalue weighted by Gasteiger charge is 2.60. The van der Waals surface area contributed by atoms with Crippen molar-refractivity contribution in [2.75, 3.05) is 28.4 Å². The summed E-state index contributed by atoms with van der Waals surface area (Å²) in [6, 6.07) is 7.66. The first-order valence-corrected chi connectivity index (χ1v) is 14.0. The lowest BCUT2D eigenvalue weighted by molar-refractivity contribution is -0.138. The zero-order chi connectivity index (χ0) is 35.1. The number of fused-ring (bicyclic) bond motifs is 1. The maximum Gasteiger partial charge on any atom is 0.351 e. The zero-order valence-corrected chi connectivity index (χ0v) is 26.4. The van der Waals surface area contributed by atoms with Crippen molar-refractivity contribution in [1.82, 2.24) is 0 Å².